The molecule has 3 rings (SSSR count). The summed E-state index contributed by atoms with van der Waals surface area (Å²) >= 11 is 0. The Balaban J connectivity index is 1.69. The van der Waals surface area contributed by atoms with Crippen molar-refractivity contribution in [2.75, 3.05) is 18.5 Å². The van der Waals surface area contributed by atoms with Crippen LogP contribution in [-0.2, 0) is 4.74 Å². The van der Waals surface area contributed by atoms with Gasteiger partial charge in [-0.2, -0.15) is 0 Å². The van der Waals surface area contributed by atoms with E-state index in [1.165, 1.54) is 6.33 Å². The lowest BCUT2D eigenvalue weighted by molar-refractivity contribution is 0.0629. The van der Waals surface area contributed by atoms with Crippen molar-refractivity contribution < 1.29 is 4.74 Å². The van der Waals surface area contributed by atoms with Crippen LogP contribution in [0.2, 0.25) is 0 Å². The van der Waals surface area contributed by atoms with Crippen LogP contribution in [0.15, 0.2) is 18.7 Å². The Bertz CT molecular complexity index is 565. The van der Waals surface area contributed by atoms with E-state index in [1.807, 2.05) is 0 Å². The van der Waals surface area contributed by atoms with Gasteiger partial charge in [0.1, 0.15) is 11.8 Å². The maximum atomic E-state index is 5.40. The van der Waals surface area contributed by atoms with Crippen molar-refractivity contribution in [3.8, 4) is 0 Å². The predicted molar refractivity (Wildman–Crippen MR) is 76.4 cm³/mol. The summed E-state index contributed by atoms with van der Waals surface area (Å²) in [6, 6.07) is 0.346. The Morgan fingerprint density at radius 1 is 1.20 bits per heavy atom. The highest BCUT2D eigenvalue weighted by Gasteiger charge is 2.17. The molecule has 3 heterocycles. The SMILES string of the molecule is CC(CC1CCOCC1)Nc1ncnc2nccnc12. The number of aromatic nitrogens is 4. The molecule has 20 heavy (non-hydrogen) atoms. The van der Waals surface area contributed by atoms with Crippen LogP contribution in [0.5, 0.6) is 0 Å². The van der Waals surface area contributed by atoms with Gasteiger partial charge in [0.25, 0.3) is 0 Å². The van der Waals surface area contributed by atoms with Crippen LogP contribution in [0.4, 0.5) is 5.82 Å². The molecule has 6 heteroatoms. The molecular weight excluding hydrogens is 254 g/mol. The molecule has 1 N–H and O–H groups in total. The highest BCUT2D eigenvalue weighted by Crippen LogP contribution is 2.22. The van der Waals surface area contributed by atoms with E-state index < -0.39 is 0 Å². The molecule has 1 aliphatic heterocycles. The lowest BCUT2D eigenvalue weighted by Crippen LogP contribution is -2.24. The number of rotatable bonds is 4. The van der Waals surface area contributed by atoms with Gasteiger partial charge in [-0.25, -0.2) is 19.9 Å². The van der Waals surface area contributed by atoms with Gasteiger partial charge in [-0.3, -0.25) is 0 Å². The Kier molecular flexibility index (Phi) is 4.01. The average molecular weight is 273 g/mol. The smallest absolute Gasteiger partial charge is 0.183 e. The Hall–Kier alpha value is -1.82. The van der Waals surface area contributed by atoms with E-state index in [0.717, 1.165) is 49.7 Å². The summed E-state index contributed by atoms with van der Waals surface area (Å²) in [5.41, 5.74) is 1.36. The number of hydrogen-bond donors (Lipinski definition) is 1. The summed E-state index contributed by atoms with van der Waals surface area (Å²) in [4.78, 5) is 16.9. The van der Waals surface area contributed by atoms with Gasteiger partial charge in [0.15, 0.2) is 11.5 Å². The molecule has 1 fully saturated rings. The van der Waals surface area contributed by atoms with Gasteiger partial charge in [-0.1, -0.05) is 0 Å². The van der Waals surface area contributed by atoms with Crippen molar-refractivity contribution in [1.29, 1.82) is 0 Å². The molecule has 1 saturated heterocycles. The molecule has 0 aromatic carbocycles. The number of fused-ring (bicyclic) bond motifs is 1. The fourth-order valence-corrected chi connectivity index (χ4v) is 2.67. The quantitative estimate of drug-likeness (QED) is 0.919. The number of nitrogens with zero attached hydrogens (tertiary/aromatic N) is 4. The number of nitrogens with one attached hydrogen (secondary N) is 1. The molecule has 0 aliphatic carbocycles. The largest absolute Gasteiger partial charge is 0.381 e. The Morgan fingerprint density at radius 3 is 2.85 bits per heavy atom. The van der Waals surface area contributed by atoms with E-state index in [9.17, 15) is 0 Å². The van der Waals surface area contributed by atoms with Crippen molar-refractivity contribution in [3.63, 3.8) is 0 Å². The monoisotopic (exact) mass is 273 g/mol. The van der Waals surface area contributed by atoms with Gasteiger partial charge in [0.2, 0.25) is 0 Å². The zero-order valence-corrected chi connectivity index (χ0v) is 11.6. The van der Waals surface area contributed by atoms with Crippen LogP contribution in [0.25, 0.3) is 11.2 Å². The fourth-order valence-electron chi connectivity index (χ4n) is 2.67. The Morgan fingerprint density at radius 2 is 2.00 bits per heavy atom. The van der Waals surface area contributed by atoms with Gasteiger partial charge in [-0.05, 0) is 32.1 Å². The summed E-state index contributed by atoms with van der Waals surface area (Å²) in [6.45, 7) is 3.96. The van der Waals surface area contributed by atoms with Crippen molar-refractivity contribution in [2.45, 2.75) is 32.2 Å². The molecule has 1 unspecified atom stereocenters. The van der Waals surface area contributed by atoms with Crippen molar-refractivity contribution in [3.05, 3.63) is 18.7 Å². The minimum Gasteiger partial charge on any atom is -0.381 e. The maximum absolute atomic E-state index is 5.40. The topological polar surface area (TPSA) is 72.8 Å². The van der Waals surface area contributed by atoms with Crippen LogP contribution < -0.4 is 5.32 Å². The molecule has 0 spiro atoms. The van der Waals surface area contributed by atoms with Crippen LogP contribution >= 0.6 is 0 Å². The summed E-state index contributed by atoms with van der Waals surface area (Å²) in [5.74, 6) is 1.49. The molecular formula is C14H19N5O. The molecule has 106 valence electrons. The molecule has 0 bridgehead atoms. The molecule has 1 atom stereocenters. The summed E-state index contributed by atoms with van der Waals surface area (Å²) in [6.07, 6.45) is 8.26. The van der Waals surface area contributed by atoms with Gasteiger partial charge < -0.3 is 10.1 Å². The van der Waals surface area contributed by atoms with E-state index in [-0.39, 0.29) is 0 Å². The third-order valence-corrected chi connectivity index (χ3v) is 3.68. The van der Waals surface area contributed by atoms with Crippen LogP contribution in [-0.4, -0.2) is 39.2 Å². The zero-order chi connectivity index (χ0) is 13.8. The van der Waals surface area contributed by atoms with Crippen LogP contribution in [0, 0.1) is 5.92 Å². The highest BCUT2D eigenvalue weighted by molar-refractivity contribution is 5.81. The molecule has 6 nitrogen and oxygen atoms in total. The van der Waals surface area contributed by atoms with Crippen LogP contribution in [0.3, 0.4) is 0 Å². The summed E-state index contributed by atoms with van der Waals surface area (Å²) in [7, 11) is 0. The van der Waals surface area contributed by atoms with Crippen molar-refractivity contribution in [1.82, 2.24) is 19.9 Å². The van der Waals surface area contributed by atoms with E-state index in [1.54, 1.807) is 12.4 Å². The third kappa shape index (κ3) is 3.01. The van der Waals surface area contributed by atoms with E-state index >= 15 is 0 Å². The van der Waals surface area contributed by atoms with Crippen LogP contribution in [0.1, 0.15) is 26.2 Å². The minimum absolute atomic E-state index is 0.346. The average Bonchev–Trinajstić information content (AvgIpc) is 2.48. The first-order chi connectivity index (χ1) is 9.83. The van der Waals surface area contributed by atoms with Gasteiger partial charge >= 0.3 is 0 Å². The second-order valence-electron chi connectivity index (χ2n) is 5.29. The summed E-state index contributed by atoms with van der Waals surface area (Å²) in [5, 5.41) is 3.44. The normalized spacial score (nSPS) is 18.1. The van der Waals surface area contributed by atoms with Gasteiger partial charge in [-0.15, -0.1) is 0 Å². The molecule has 1 aliphatic rings. The standard InChI is InChI=1S/C14H19N5O/c1-10(8-11-2-6-20-7-3-11)19-14-12-13(17-9-18-14)16-5-4-15-12/h4-5,9-11H,2-3,6-8H2,1H3,(H,16,17,18,19). The lowest BCUT2D eigenvalue weighted by Gasteiger charge is -2.25. The lowest BCUT2D eigenvalue weighted by atomic mass is 9.93. The molecule has 0 radical (unpaired) electrons. The molecule has 2 aromatic heterocycles. The molecule has 0 amide bonds. The molecule has 0 saturated carbocycles. The zero-order valence-electron chi connectivity index (χ0n) is 11.6. The molecule has 2 aromatic rings. The maximum Gasteiger partial charge on any atom is 0.183 e. The van der Waals surface area contributed by atoms with E-state index in [0.29, 0.717) is 11.7 Å². The van der Waals surface area contributed by atoms with Crippen molar-refractivity contribution in [2.24, 2.45) is 5.92 Å². The van der Waals surface area contributed by atoms with Gasteiger partial charge in [0.05, 0.1) is 0 Å². The Labute approximate surface area is 118 Å². The first-order valence-electron chi connectivity index (χ1n) is 7.09. The number of anilines is 1. The second-order valence-corrected chi connectivity index (χ2v) is 5.29. The first-order valence-corrected chi connectivity index (χ1v) is 7.09. The fraction of sp³-hybridized carbons (Fsp3) is 0.571. The first kappa shape index (κ1) is 13.2. The minimum atomic E-state index is 0.346. The van der Waals surface area contributed by atoms with E-state index in [2.05, 4.69) is 32.2 Å². The number of ether oxygens (including phenoxy) is 1. The number of hydrogen-bond acceptors (Lipinski definition) is 6. The predicted octanol–water partition coefficient (Wildman–Crippen LogP) is 2.04. The third-order valence-electron chi connectivity index (χ3n) is 3.68. The highest BCUT2D eigenvalue weighted by atomic mass is 16.5. The van der Waals surface area contributed by atoms with Gasteiger partial charge in [0, 0.05) is 31.6 Å². The van der Waals surface area contributed by atoms with Crippen molar-refractivity contribution >= 4 is 17.0 Å². The van der Waals surface area contributed by atoms with E-state index in [4.69, 9.17) is 4.74 Å². The second kappa shape index (κ2) is 6.09. The summed E-state index contributed by atoms with van der Waals surface area (Å²) < 4.78 is 5.40.